The predicted octanol–water partition coefficient (Wildman–Crippen LogP) is -0.959. The maximum absolute atomic E-state index is 10.8. The predicted molar refractivity (Wildman–Crippen MR) is 37.5 cm³/mol. The van der Waals surface area contributed by atoms with E-state index in [-0.39, 0.29) is 24.8 Å². The van der Waals surface area contributed by atoms with E-state index in [2.05, 4.69) is 5.32 Å². The molecule has 1 N–H and O–H groups in total. The first kappa shape index (κ1) is 9.94. The number of carbonyl (C=O) groups excluding carboxylic acids is 2. The lowest BCUT2D eigenvalue weighted by Gasteiger charge is -2.07. The molecule has 0 aromatic carbocycles. The molecule has 1 amide bonds. The Morgan fingerprint density at radius 1 is 1.36 bits per heavy atom. The van der Waals surface area contributed by atoms with Crippen molar-refractivity contribution in [2.75, 3.05) is 0 Å². The van der Waals surface area contributed by atoms with Gasteiger partial charge in [-0.15, -0.1) is 0 Å². The van der Waals surface area contributed by atoms with E-state index in [0.717, 1.165) is 0 Å². The summed E-state index contributed by atoms with van der Waals surface area (Å²) in [6.45, 7) is 3.63. The van der Waals surface area contributed by atoms with Crippen LogP contribution in [-0.2, 0) is 9.59 Å². The van der Waals surface area contributed by atoms with E-state index in [1.165, 1.54) is 0 Å². The van der Waals surface area contributed by atoms with Crippen LogP contribution in [0.15, 0.2) is 0 Å². The first-order valence-corrected chi connectivity index (χ1v) is 3.51. The van der Waals surface area contributed by atoms with Gasteiger partial charge in [0.25, 0.3) is 0 Å². The number of carboxylic acids is 1. The molecule has 0 saturated carbocycles. The molecule has 0 spiro atoms. The molecule has 0 saturated heterocycles. The van der Waals surface area contributed by atoms with Crippen molar-refractivity contribution in [1.82, 2.24) is 5.32 Å². The van der Waals surface area contributed by atoms with Gasteiger partial charge < -0.3 is 15.2 Å². The minimum absolute atomic E-state index is 0.000509. The van der Waals surface area contributed by atoms with Crippen LogP contribution in [0.2, 0.25) is 0 Å². The molecule has 64 valence electrons. The fourth-order valence-electron chi connectivity index (χ4n) is 0.610. The highest BCUT2D eigenvalue weighted by molar-refractivity contribution is 5.80. The standard InChI is InChI=1S/C7H13NO3/c1-5(2)8-6(9)3-4-7(10)11/h5H,3-4H2,1-2H3,(H,8,9)(H,10,11)/p-1. The Morgan fingerprint density at radius 3 is 2.27 bits per heavy atom. The Hall–Kier alpha value is -1.06. The van der Waals surface area contributed by atoms with Gasteiger partial charge in [0.15, 0.2) is 0 Å². The molecule has 0 fully saturated rings. The van der Waals surface area contributed by atoms with Gasteiger partial charge >= 0.3 is 0 Å². The molecule has 0 bridgehead atoms. The number of aliphatic carboxylic acids is 1. The van der Waals surface area contributed by atoms with Gasteiger partial charge in [0.1, 0.15) is 0 Å². The third-order valence-electron chi connectivity index (χ3n) is 1.01. The Balaban J connectivity index is 3.45. The lowest BCUT2D eigenvalue weighted by atomic mass is 10.3. The van der Waals surface area contributed by atoms with Crippen molar-refractivity contribution in [2.45, 2.75) is 32.7 Å². The minimum Gasteiger partial charge on any atom is -0.550 e. The highest BCUT2D eigenvalue weighted by atomic mass is 16.4. The summed E-state index contributed by atoms with van der Waals surface area (Å²) in [6.07, 6.45) is -0.209. The number of amides is 1. The van der Waals surface area contributed by atoms with Crippen molar-refractivity contribution < 1.29 is 14.7 Å². The molecule has 11 heavy (non-hydrogen) atoms. The minimum atomic E-state index is -1.19. The van der Waals surface area contributed by atoms with Crippen LogP contribution in [0, 0.1) is 0 Å². The Labute approximate surface area is 65.6 Å². The average molecular weight is 158 g/mol. The van der Waals surface area contributed by atoms with E-state index in [9.17, 15) is 14.7 Å². The van der Waals surface area contributed by atoms with Crippen molar-refractivity contribution >= 4 is 11.9 Å². The monoisotopic (exact) mass is 158 g/mol. The summed E-state index contributed by atoms with van der Waals surface area (Å²) >= 11 is 0. The molecule has 0 heterocycles. The van der Waals surface area contributed by atoms with E-state index >= 15 is 0 Å². The molecule has 0 aromatic heterocycles. The van der Waals surface area contributed by atoms with E-state index in [1.54, 1.807) is 0 Å². The first-order valence-electron chi connectivity index (χ1n) is 3.51. The number of hydrogen-bond acceptors (Lipinski definition) is 3. The van der Waals surface area contributed by atoms with Gasteiger partial charge in [-0.05, 0) is 20.3 Å². The third-order valence-corrected chi connectivity index (χ3v) is 1.01. The second kappa shape index (κ2) is 4.71. The van der Waals surface area contributed by atoms with Gasteiger partial charge in [-0.3, -0.25) is 4.79 Å². The number of nitrogens with one attached hydrogen (secondary N) is 1. The molecule has 4 nitrogen and oxygen atoms in total. The van der Waals surface area contributed by atoms with Crippen LogP contribution in [0.1, 0.15) is 26.7 Å². The maximum Gasteiger partial charge on any atom is 0.220 e. The molecule has 4 heteroatoms. The highest BCUT2D eigenvalue weighted by Gasteiger charge is 2.01. The summed E-state index contributed by atoms with van der Waals surface area (Å²) in [7, 11) is 0. The summed E-state index contributed by atoms with van der Waals surface area (Å²) in [4.78, 5) is 20.7. The highest BCUT2D eigenvalue weighted by Crippen LogP contribution is 1.88. The van der Waals surface area contributed by atoms with Crippen LogP contribution in [0.4, 0.5) is 0 Å². The normalized spacial score (nSPS) is 9.73. The lowest BCUT2D eigenvalue weighted by Crippen LogP contribution is -2.32. The van der Waals surface area contributed by atoms with Gasteiger partial charge in [-0.25, -0.2) is 0 Å². The van der Waals surface area contributed by atoms with Crippen molar-refractivity contribution in [1.29, 1.82) is 0 Å². The molecule has 0 rings (SSSR count). The summed E-state index contributed by atoms with van der Waals surface area (Å²) in [5.74, 6) is -1.44. The van der Waals surface area contributed by atoms with Crippen molar-refractivity contribution in [2.24, 2.45) is 0 Å². The molecule has 0 aromatic rings. The Morgan fingerprint density at radius 2 is 1.91 bits per heavy atom. The van der Waals surface area contributed by atoms with Gasteiger partial charge in [-0.2, -0.15) is 0 Å². The quantitative estimate of drug-likeness (QED) is 0.573. The van der Waals surface area contributed by atoms with E-state index in [4.69, 9.17) is 0 Å². The summed E-state index contributed by atoms with van der Waals surface area (Å²) in [5.41, 5.74) is 0. The SMILES string of the molecule is CC(C)NC(=O)CCC(=O)[O-]. The largest absolute Gasteiger partial charge is 0.550 e. The number of carboxylic acid groups (broad SMARTS) is 1. The van der Waals surface area contributed by atoms with Crippen LogP contribution >= 0.6 is 0 Å². The average Bonchev–Trinajstić information content (AvgIpc) is 1.82. The zero-order valence-electron chi connectivity index (χ0n) is 6.72. The summed E-state index contributed by atoms with van der Waals surface area (Å²) < 4.78 is 0. The van der Waals surface area contributed by atoms with Crippen LogP contribution in [0.25, 0.3) is 0 Å². The van der Waals surface area contributed by atoms with Crippen LogP contribution < -0.4 is 10.4 Å². The number of carbonyl (C=O) groups is 2. The Kier molecular flexibility index (Phi) is 4.26. The molecular formula is C7H12NO3-. The Bertz CT molecular complexity index is 154. The summed E-state index contributed by atoms with van der Waals surface area (Å²) in [6, 6.07) is 0.0595. The van der Waals surface area contributed by atoms with Crippen molar-refractivity contribution in [3.8, 4) is 0 Å². The number of rotatable bonds is 4. The van der Waals surface area contributed by atoms with Crippen LogP contribution in [0.5, 0.6) is 0 Å². The van der Waals surface area contributed by atoms with Crippen LogP contribution in [-0.4, -0.2) is 17.9 Å². The smallest absolute Gasteiger partial charge is 0.220 e. The first-order chi connectivity index (χ1) is 5.02. The van der Waals surface area contributed by atoms with E-state index in [1.807, 2.05) is 13.8 Å². The molecular weight excluding hydrogens is 146 g/mol. The van der Waals surface area contributed by atoms with Crippen LogP contribution in [0.3, 0.4) is 0 Å². The maximum atomic E-state index is 10.8. The molecule has 0 aliphatic carbocycles. The van der Waals surface area contributed by atoms with Gasteiger partial charge in [-0.1, -0.05) is 0 Å². The zero-order chi connectivity index (χ0) is 8.85. The molecule has 0 unspecified atom stereocenters. The molecule has 0 aliphatic heterocycles. The van der Waals surface area contributed by atoms with E-state index < -0.39 is 5.97 Å². The molecule has 0 aliphatic rings. The van der Waals surface area contributed by atoms with Crippen molar-refractivity contribution in [3.05, 3.63) is 0 Å². The second-order valence-corrected chi connectivity index (χ2v) is 2.59. The second-order valence-electron chi connectivity index (χ2n) is 2.59. The summed E-state index contributed by atoms with van der Waals surface area (Å²) in [5, 5.41) is 12.5. The zero-order valence-corrected chi connectivity index (χ0v) is 6.72. The van der Waals surface area contributed by atoms with Crippen molar-refractivity contribution in [3.63, 3.8) is 0 Å². The van der Waals surface area contributed by atoms with E-state index in [0.29, 0.717) is 0 Å². The molecule has 0 radical (unpaired) electrons. The van der Waals surface area contributed by atoms with Gasteiger partial charge in [0, 0.05) is 18.4 Å². The fourth-order valence-corrected chi connectivity index (χ4v) is 0.610. The van der Waals surface area contributed by atoms with Gasteiger partial charge in [0.05, 0.1) is 0 Å². The molecule has 0 atom stereocenters. The lowest BCUT2D eigenvalue weighted by molar-refractivity contribution is -0.305. The van der Waals surface area contributed by atoms with Gasteiger partial charge in [0.2, 0.25) is 5.91 Å². The number of hydrogen-bond donors (Lipinski definition) is 1. The fraction of sp³-hybridized carbons (Fsp3) is 0.714. The topological polar surface area (TPSA) is 69.2 Å². The third kappa shape index (κ3) is 6.83.